The number of carbonyl (C=O) groups is 1. The number of nitrogens with zero attached hydrogens (tertiary/aromatic N) is 1. The Bertz CT molecular complexity index is 639. The molecule has 4 heteroatoms. The molecule has 1 aliphatic rings. The van der Waals surface area contributed by atoms with Crippen molar-refractivity contribution in [1.29, 1.82) is 0 Å². The summed E-state index contributed by atoms with van der Waals surface area (Å²) in [6.45, 7) is 1.70. The van der Waals surface area contributed by atoms with Gasteiger partial charge in [0, 0.05) is 5.56 Å². The molecule has 110 valence electrons. The average molecular weight is 304 g/mol. The van der Waals surface area contributed by atoms with Crippen LogP contribution in [0, 0.1) is 6.92 Å². The maximum atomic E-state index is 11.5. The van der Waals surface area contributed by atoms with Gasteiger partial charge in [0.2, 0.25) is 0 Å². The number of aryl methyl sites for hydroxylation is 1. The van der Waals surface area contributed by atoms with E-state index in [2.05, 4.69) is 17.3 Å². The normalized spacial score (nSPS) is 16.1. The van der Waals surface area contributed by atoms with E-state index in [1.807, 2.05) is 12.1 Å². The van der Waals surface area contributed by atoms with Crippen LogP contribution in [-0.2, 0) is 0 Å². The Hall–Kier alpha value is -1.61. The van der Waals surface area contributed by atoms with Crippen LogP contribution in [0.15, 0.2) is 28.8 Å². The Balaban J connectivity index is 1.89. The van der Waals surface area contributed by atoms with E-state index in [9.17, 15) is 4.79 Å². The van der Waals surface area contributed by atoms with Crippen LogP contribution in [0.4, 0.5) is 0 Å². The van der Waals surface area contributed by atoms with Gasteiger partial charge in [-0.25, -0.2) is 0 Å². The number of benzene rings is 1. The van der Waals surface area contributed by atoms with Crippen molar-refractivity contribution in [2.75, 3.05) is 0 Å². The van der Waals surface area contributed by atoms with Crippen molar-refractivity contribution in [2.45, 2.75) is 44.9 Å². The van der Waals surface area contributed by atoms with Crippen LogP contribution in [0.25, 0.3) is 11.3 Å². The zero-order valence-corrected chi connectivity index (χ0v) is 12.8. The van der Waals surface area contributed by atoms with Gasteiger partial charge in [0.05, 0.1) is 0 Å². The third-order valence-electron chi connectivity index (χ3n) is 4.32. The van der Waals surface area contributed by atoms with Gasteiger partial charge < -0.3 is 4.52 Å². The first-order valence-corrected chi connectivity index (χ1v) is 7.81. The fourth-order valence-corrected chi connectivity index (χ4v) is 3.37. The summed E-state index contributed by atoms with van der Waals surface area (Å²) in [5, 5.41) is 3.44. The molecule has 2 aromatic rings. The molecule has 1 aromatic heterocycles. The van der Waals surface area contributed by atoms with Crippen LogP contribution < -0.4 is 0 Å². The second-order valence-corrected chi connectivity index (χ2v) is 6.04. The van der Waals surface area contributed by atoms with Gasteiger partial charge in [0.1, 0.15) is 17.0 Å². The summed E-state index contributed by atoms with van der Waals surface area (Å²) in [5.41, 5.74) is 3.14. The van der Waals surface area contributed by atoms with Crippen LogP contribution >= 0.6 is 11.6 Å². The summed E-state index contributed by atoms with van der Waals surface area (Å²) in [6, 6.07) is 8.28. The SMILES string of the molecule is Cc1onc(-c2ccc(C3CCCCC3)cc2)c1C(=O)Cl. The fraction of sp³-hybridized carbons (Fsp3) is 0.412. The summed E-state index contributed by atoms with van der Waals surface area (Å²) >= 11 is 5.62. The molecule has 1 saturated carbocycles. The van der Waals surface area contributed by atoms with Crippen molar-refractivity contribution in [3.63, 3.8) is 0 Å². The molecule has 0 unspecified atom stereocenters. The molecule has 0 saturated heterocycles. The molecule has 0 amide bonds. The fourth-order valence-electron chi connectivity index (χ4n) is 3.15. The standard InChI is InChI=1S/C17H18ClNO2/c1-11-15(17(18)20)16(19-21-11)14-9-7-13(8-10-14)12-5-3-2-4-6-12/h7-10,12H,2-6H2,1H3. The van der Waals surface area contributed by atoms with Crippen molar-refractivity contribution >= 4 is 16.8 Å². The molecule has 21 heavy (non-hydrogen) atoms. The lowest BCUT2D eigenvalue weighted by Gasteiger charge is -2.22. The zero-order chi connectivity index (χ0) is 14.8. The first-order chi connectivity index (χ1) is 10.2. The lowest BCUT2D eigenvalue weighted by Crippen LogP contribution is -2.04. The van der Waals surface area contributed by atoms with Gasteiger partial charge in [0.15, 0.2) is 0 Å². The van der Waals surface area contributed by atoms with E-state index in [0.29, 0.717) is 22.9 Å². The summed E-state index contributed by atoms with van der Waals surface area (Å²) in [5.74, 6) is 1.13. The third-order valence-corrected chi connectivity index (χ3v) is 4.51. The average Bonchev–Trinajstić information content (AvgIpc) is 2.90. The predicted molar refractivity (Wildman–Crippen MR) is 82.7 cm³/mol. The highest BCUT2D eigenvalue weighted by Crippen LogP contribution is 2.34. The lowest BCUT2D eigenvalue weighted by molar-refractivity contribution is 0.108. The smallest absolute Gasteiger partial charge is 0.258 e. The minimum absolute atomic E-state index is 0.363. The molecule has 3 nitrogen and oxygen atoms in total. The molecule has 1 fully saturated rings. The topological polar surface area (TPSA) is 43.1 Å². The van der Waals surface area contributed by atoms with Gasteiger partial charge >= 0.3 is 0 Å². The maximum Gasteiger partial charge on any atom is 0.258 e. The third kappa shape index (κ3) is 2.88. The van der Waals surface area contributed by atoms with Gasteiger partial charge in [-0.2, -0.15) is 0 Å². The highest BCUT2D eigenvalue weighted by Gasteiger charge is 2.20. The molecule has 1 aliphatic carbocycles. The molecular formula is C17H18ClNO2. The van der Waals surface area contributed by atoms with Gasteiger partial charge in [-0.3, -0.25) is 4.79 Å². The molecule has 1 aromatic carbocycles. The second-order valence-electron chi connectivity index (χ2n) is 5.69. The molecule has 0 aliphatic heterocycles. The number of hydrogen-bond donors (Lipinski definition) is 0. The van der Waals surface area contributed by atoms with E-state index in [0.717, 1.165) is 5.56 Å². The maximum absolute atomic E-state index is 11.5. The van der Waals surface area contributed by atoms with Crippen LogP contribution in [-0.4, -0.2) is 10.4 Å². The number of rotatable bonds is 3. The number of hydrogen-bond acceptors (Lipinski definition) is 3. The highest BCUT2D eigenvalue weighted by molar-refractivity contribution is 6.68. The van der Waals surface area contributed by atoms with Gasteiger partial charge in [0.25, 0.3) is 5.24 Å². The van der Waals surface area contributed by atoms with Crippen molar-refractivity contribution in [1.82, 2.24) is 5.16 Å². The molecule has 1 heterocycles. The molecule has 0 N–H and O–H groups in total. The largest absolute Gasteiger partial charge is 0.360 e. The van der Waals surface area contributed by atoms with Gasteiger partial charge in [-0.1, -0.05) is 48.7 Å². The summed E-state index contributed by atoms with van der Waals surface area (Å²) < 4.78 is 5.10. The molecule has 0 bridgehead atoms. The lowest BCUT2D eigenvalue weighted by atomic mass is 9.84. The van der Waals surface area contributed by atoms with E-state index >= 15 is 0 Å². The van der Waals surface area contributed by atoms with E-state index in [-0.39, 0.29) is 0 Å². The van der Waals surface area contributed by atoms with E-state index in [4.69, 9.17) is 16.1 Å². The quantitative estimate of drug-likeness (QED) is 0.743. The van der Waals surface area contributed by atoms with Gasteiger partial charge in [-0.15, -0.1) is 0 Å². The molecular weight excluding hydrogens is 286 g/mol. The predicted octanol–water partition coefficient (Wildman–Crippen LogP) is 5.08. The summed E-state index contributed by atoms with van der Waals surface area (Å²) in [4.78, 5) is 11.5. The van der Waals surface area contributed by atoms with Crippen LogP contribution in [0.5, 0.6) is 0 Å². The van der Waals surface area contributed by atoms with Crippen LogP contribution in [0.3, 0.4) is 0 Å². The summed E-state index contributed by atoms with van der Waals surface area (Å²) in [6.07, 6.45) is 6.54. The van der Waals surface area contributed by atoms with E-state index < -0.39 is 5.24 Å². The van der Waals surface area contributed by atoms with Crippen LogP contribution in [0.1, 0.15) is 59.7 Å². The number of aromatic nitrogens is 1. The molecule has 0 spiro atoms. The van der Waals surface area contributed by atoms with E-state index in [1.54, 1.807) is 6.92 Å². The minimum Gasteiger partial charge on any atom is -0.360 e. The van der Waals surface area contributed by atoms with Crippen molar-refractivity contribution < 1.29 is 9.32 Å². The zero-order valence-electron chi connectivity index (χ0n) is 12.1. The second kappa shape index (κ2) is 6.02. The van der Waals surface area contributed by atoms with Gasteiger partial charge in [-0.05, 0) is 42.8 Å². The molecule has 3 rings (SSSR count). The Labute approximate surface area is 129 Å². The first-order valence-electron chi connectivity index (χ1n) is 7.43. The first kappa shape index (κ1) is 14.3. The van der Waals surface area contributed by atoms with E-state index in [1.165, 1.54) is 37.7 Å². The Kier molecular flexibility index (Phi) is 4.11. The molecule has 0 radical (unpaired) electrons. The van der Waals surface area contributed by atoms with Crippen molar-refractivity contribution in [2.24, 2.45) is 0 Å². The van der Waals surface area contributed by atoms with Crippen molar-refractivity contribution in [3.05, 3.63) is 41.2 Å². The Morgan fingerprint density at radius 2 is 1.86 bits per heavy atom. The Morgan fingerprint density at radius 1 is 1.19 bits per heavy atom. The summed E-state index contributed by atoms with van der Waals surface area (Å²) in [7, 11) is 0. The highest BCUT2D eigenvalue weighted by atomic mass is 35.5. The number of carbonyl (C=O) groups excluding carboxylic acids is 1. The number of halogens is 1. The minimum atomic E-state index is -0.528. The monoisotopic (exact) mass is 303 g/mol. The van der Waals surface area contributed by atoms with Crippen LogP contribution in [0.2, 0.25) is 0 Å². The molecule has 0 atom stereocenters. The Morgan fingerprint density at radius 3 is 2.48 bits per heavy atom. The van der Waals surface area contributed by atoms with Crippen molar-refractivity contribution in [3.8, 4) is 11.3 Å².